The third-order valence-electron chi connectivity index (χ3n) is 6.10. The van der Waals surface area contributed by atoms with Crippen LogP contribution in [0.5, 0.6) is 5.75 Å². The number of amidine groups is 1. The molecule has 194 valence electrons. The number of aromatic nitrogens is 1. The smallest absolute Gasteiger partial charge is 0.257 e. The molecule has 2 N–H and O–H groups in total. The number of nitrogens with zero attached hydrogens (tertiary/aromatic N) is 2. The van der Waals surface area contributed by atoms with Crippen molar-refractivity contribution in [1.29, 1.82) is 5.41 Å². The highest BCUT2D eigenvalue weighted by Crippen LogP contribution is 2.30. The first-order valence-corrected chi connectivity index (χ1v) is 12.8. The van der Waals surface area contributed by atoms with Crippen LogP contribution in [0, 0.1) is 5.41 Å². The minimum atomic E-state index is -0.446. The second-order valence-electron chi connectivity index (χ2n) is 8.52. The van der Waals surface area contributed by atoms with Crippen LogP contribution in [0.3, 0.4) is 0 Å². The van der Waals surface area contributed by atoms with E-state index >= 15 is 0 Å². The molecule has 7 nitrogen and oxygen atoms in total. The number of amides is 1. The summed E-state index contributed by atoms with van der Waals surface area (Å²) < 4.78 is 6.25. The molecule has 4 rings (SSSR count). The quantitative estimate of drug-likeness (QED) is 0.184. The minimum Gasteiger partial charge on any atom is -0.496 e. The van der Waals surface area contributed by atoms with Crippen LogP contribution in [0.25, 0.3) is 0 Å². The fraction of sp³-hybridized carbons (Fsp3) is 0.286. The number of carbonyl (C=O) groups is 2. The molecule has 1 amide bonds. The molecule has 0 saturated carbocycles. The monoisotopic (exact) mass is 584 g/mol. The van der Waals surface area contributed by atoms with E-state index in [1.165, 1.54) is 19.6 Å². The first kappa shape index (κ1) is 28.3. The number of ketones is 1. The van der Waals surface area contributed by atoms with Crippen molar-refractivity contribution in [2.24, 2.45) is 0 Å². The molecule has 0 spiro atoms. The van der Waals surface area contributed by atoms with E-state index in [-0.39, 0.29) is 25.2 Å². The van der Waals surface area contributed by atoms with Gasteiger partial charge >= 0.3 is 0 Å². The van der Waals surface area contributed by atoms with Crippen LogP contribution < -0.4 is 10.1 Å². The molecule has 9 heteroatoms. The summed E-state index contributed by atoms with van der Waals surface area (Å²) in [5.41, 5.74) is 1.94. The van der Waals surface area contributed by atoms with Gasteiger partial charge in [-0.15, -0.1) is 0 Å². The van der Waals surface area contributed by atoms with Crippen LogP contribution in [0.15, 0.2) is 59.2 Å². The number of ether oxygens (including phenoxy) is 1. The first-order valence-electron chi connectivity index (χ1n) is 11.6. The predicted octanol–water partition coefficient (Wildman–Crippen LogP) is 6.63. The number of halogens is 2. The van der Waals surface area contributed by atoms with Crippen molar-refractivity contribution in [2.75, 3.05) is 25.5 Å². The Morgan fingerprint density at radius 3 is 2.38 bits per heavy atom. The minimum absolute atomic E-state index is 0. The number of nitrogens with one attached hydrogen (secondary N) is 2. The molecule has 1 saturated heterocycles. The van der Waals surface area contributed by atoms with Crippen LogP contribution in [-0.4, -0.2) is 47.6 Å². The van der Waals surface area contributed by atoms with Gasteiger partial charge in [-0.1, -0.05) is 43.3 Å². The fourth-order valence-electron chi connectivity index (χ4n) is 4.19. The number of rotatable bonds is 7. The Balaban J connectivity index is 0.00000380. The maximum atomic E-state index is 13.2. The Morgan fingerprint density at radius 2 is 1.76 bits per heavy atom. The van der Waals surface area contributed by atoms with Gasteiger partial charge in [0.05, 0.1) is 7.11 Å². The number of likely N-dealkylation sites (tertiary alicyclic amines) is 1. The summed E-state index contributed by atoms with van der Waals surface area (Å²) in [6.07, 6.45) is 4.91. The van der Waals surface area contributed by atoms with Crippen LogP contribution in [-0.2, 0) is 6.42 Å². The fourth-order valence-corrected chi connectivity index (χ4v) is 4.63. The van der Waals surface area contributed by atoms with Gasteiger partial charge in [0.15, 0.2) is 5.78 Å². The summed E-state index contributed by atoms with van der Waals surface area (Å²) in [5, 5.41) is 11.6. The molecule has 3 aromatic rings. The number of benzene rings is 2. The largest absolute Gasteiger partial charge is 0.496 e. The van der Waals surface area contributed by atoms with E-state index in [0.717, 1.165) is 36.0 Å². The van der Waals surface area contributed by atoms with Crippen molar-refractivity contribution in [2.45, 2.75) is 33.1 Å². The van der Waals surface area contributed by atoms with Gasteiger partial charge in [0.1, 0.15) is 17.4 Å². The topological polar surface area (TPSA) is 95.4 Å². The molecule has 0 aliphatic carbocycles. The number of carbonyl (C=O) groups excluding carboxylic acids is 2. The average Bonchev–Trinajstić information content (AvgIpc) is 2.90. The van der Waals surface area contributed by atoms with E-state index < -0.39 is 5.91 Å². The predicted molar refractivity (Wildman–Crippen MR) is 151 cm³/mol. The second kappa shape index (κ2) is 12.8. The molecule has 37 heavy (non-hydrogen) atoms. The molecule has 0 atom stereocenters. The maximum Gasteiger partial charge on any atom is 0.257 e. The lowest BCUT2D eigenvalue weighted by Crippen LogP contribution is -2.35. The van der Waals surface area contributed by atoms with Crippen molar-refractivity contribution >= 4 is 50.9 Å². The van der Waals surface area contributed by atoms with Gasteiger partial charge in [0, 0.05) is 57.5 Å². The van der Waals surface area contributed by atoms with Gasteiger partial charge in [-0.05, 0) is 59.5 Å². The number of Topliss-reactive ketones (excluding diaryl/α,β-unsaturated/α-hetero) is 1. The molecule has 1 aliphatic rings. The number of anilines is 1. The highest BCUT2D eigenvalue weighted by atomic mass is 79.9. The molecule has 1 fully saturated rings. The van der Waals surface area contributed by atoms with Gasteiger partial charge in [-0.3, -0.25) is 15.0 Å². The Labute approximate surface area is 230 Å². The molecule has 0 radical (unpaired) electrons. The van der Waals surface area contributed by atoms with E-state index in [0.29, 0.717) is 33.6 Å². The third kappa shape index (κ3) is 6.96. The summed E-state index contributed by atoms with van der Waals surface area (Å²) in [5.74, 6) is 0.578. The zero-order valence-corrected chi connectivity index (χ0v) is 22.2. The molecular weight excluding hydrogens is 556 g/mol. The van der Waals surface area contributed by atoms with E-state index in [1.807, 2.05) is 0 Å². The lowest BCUT2D eigenvalue weighted by Gasteiger charge is -2.29. The molecule has 2 aromatic carbocycles. The Kier molecular flexibility index (Phi) is 9.83. The SMILES string of the molecule is C.COc1cc(Cl)cc(C(=O)Nc2ccc(Br)cn2)c1CC(=O)c1ccc(C(=N)N2CCCCC2)cc1. The Bertz CT molecular complexity index is 1270. The van der Waals surface area contributed by atoms with Crippen molar-refractivity contribution in [3.05, 3.63) is 86.5 Å². The normalized spacial score (nSPS) is 12.9. The number of hydrogen-bond acceptors (Lipinski definition) is 5. The number of hydrogen-bond donors (Lipinski definition) is 2. The van der Waals surface area contributed by atoms with E-state index in [2.05, 4.69) is 31.1 Å². The van der Waals surface area contributed by atoms with Crippen LogP contribution in [0.1, 0.15) is 58.5 Å². The van der Waals surface area contributed by atoms with E-state index in [4.69, 9.17) is 21.7 Å². The molecule has 0 unspecified atom stereocenters. The first-order chi connectivity index (χ1) is 17.4. The van der Waals surface area contributed by atoms with Crippen molar-refractivity contribution in [3.8, 4) is 5.75 Å². The number of piperidine rings is 1. The van der Waals surface area contributed by atoms with Crippen LogP contribution >= 0.6 is 27.5 Å². The molecule has 1 aliphatic heterocycles. The second-order valence-corrected chi connectivity index (χ2v) is 9.88. The number of methoxy groups -OCH3 is 1. The van der Waals surface area contributed by atoms with Crippen LogP contribution in [0.4, 0.5) is 5.82 Å². The van der Waals surface area contributed by atoms with Crippen molar-refractivity contribution < 1.29 is 14.3 Å². The summed E-state index contributed by atoms with van der Waals surface area (Å²) in [7, 11) is 1.47. The number of pyridine rings is 1. The summed E-state index contributed by atoms with van der Waals surface area (Å²) in [6.45, 7) is 1.77. The zero-order chi connectivity index (χ0) is 25.7. The molecular formula is C28H30BrClN4O3. The van der Waals surface area contributed by atoms with Gasteiger partial charge in [0.2, 0.25) is 0 Å². The lowest BCUT2D eigenvalue weighted by atomic mass is 9.96. The third-order valence-corrected chi connectivity index (χ3v) is 6.78. The Morgan fingerprint density at radius 1 is 1.08 bits per heavy atom. The standard InChI is InChI=1S/C27H26BrClN4O3.CH4/c1-36-24-14-20(29)13-22(27(35)32-25-10-9-19(28)16-31-25)21(24)15-23(34)17-5-7-18(8-6-17)26(30)33-11-3-2-4-12-33;/h5-10,13-14,16,30H,2-4,11-12,15H2,1H3,(H,31,32,35);1H4. The summed E-state index contributed by atoms with van der Waals surface area (Å²) in [6, 6.07) is 13.6. The van der Waals surface area contributed by atoms with Gasteiger partial charge in [0.25, 0.3) is 5.91 Å². The Hall–Kier alpha value is -3.23. The lowest BCUT2D eigenvalue weighted by molar-refractivity contribution is 0.0991. The van der Waals surface area contributed by atoms with Gasteiger partial charge in [-0.2, -0.15) is 0 Å². The molecule has 0 bridgehead atoms. The van der Waals surface area contributed by atoms with Crippen LogP contribution in [0.2, 0.25) is 5.02 Å². The van der Waals surface area contributed by atoms with Crippen molar-refractivity contribution in [3.63, 3.8) is 0 Å². The highest BCUT2D eigenvalue weighted by molar-refractivity contribution is 9.10. The summed E-state index contributed by atoms with van der Waals surface area (Å²) in [4.78, 5) is 32.6. The maximum absolute atomic E-state index is 13.2. The highest BCUT2D eigenvalue weighted by Gasteiger charge is 2.22. The zero-order valence-electron chi connectivity index (χ0n) is 19.8. The van der Waals surface area contributed by atoms with Crippen molar-refractivity contribution in [1.82, 2.24) is 9.88 Å². The van der Waals surface area contributed by atoms with Gasteiger partial charge in [-0.25, -0.2) is 4.98 Å². The van der Waals surface area contributed by atoms with E-state index in [1.54, 1.807) is 48.7 Å². The molecule has 1 aromatic heterocycles. The van der Waals surface area contributed by atoms with E-state index in [9.17, 15) is 9.59 Å². The molecule has 2 heterocycles. The summed E-state index contributed by atoms with van der Waals surface area (Å²) >= 11 is 9.56. The van der Waals surface area contributed by atoms with Gasteiger partial charge < -0.3 is 15.0 Å². The average molecular weight is 586 g/mol.